The molecule has 1 aromatic rings. The van der Waals surface area contributed by atoms with Gasteiger partial charge in [0, 0.05) is 31.9 Å². The van der Waals surface area contributed by atoms with Crippen molar-refractivity contribution in [2.24, 2.45) is 0 Å². The molecule has 0 N–H and O–H groups in total. The third-order valence-electron chi connectivity index (χ3n) is 2.77. The summed E-state index contributed by atoms with van der Waals surface area (Å²) in [4.78, 5) is 6.18. The Balaban J connectivity index is 2.78. The Morgan fingerprint density at radius 3 is 2.30 bits per heavy atom. The normalized spacial score (nSPS) is 10.8. The third-order valence-corrected chi connectivity index (χ3v) is 3.06. The SMILES string of the molecule is CCOCCN(CCOCC)c1ncc(F)cc1CCl. The van der Waals surface area contributed by atoms with Crippen molar-refractivity contribution < 1.29 is 13.9 Å². The molecule has 0 aromatic carbocycles. The molecule has 0 unspecified atom stereocenters. The fourth-order valence-corrected chi connectivity index (χ4v) is 2.02. The van der Waals surface area contributed by atoms with Crippen LogP contribution in [0.2, 0.25) is 0 Å². The van der Waals surface area contributed by atoms with Crippen molar-refractivity contribution in [2.45, 2.75) is 19.7 Å². The molecule has 0 bridgehead atoms. The number of alkyl halides is 1. The Kier molecular flexibility index (Phi) is 8.49. The standard InChI is InChI=1S/C14H22ClFN2O2/c1-3-19-7-5-18(6-8-20-4-2)14-12(10-15)9-13(16)11-17-14/h9,11H,3-8,10H2,1-2H3. The number of nitrogens with zero attached hydrogens (tertiary/aromatic N) is 2. The minimum atomic E-state index is -0.376. The molecule has 0 saturated carbocycles. The molecule has 4 nitrogen and oxygen atoms in total. The molecule has 114 valence electrons. The molecule has 20 heavy (non-hydrogen) atoms. The van der Waals surface area contributed by atoms with Crippen LogP contribution in [0.3, 0.4) is 0 Å². The van der Waals surface area contributed by atoms with Gasteiger partial charge in [0.05, 0.1) is 25.3 Å². The lowest BCUT2D eigenvalue weighted by atomic mass is 10.2. The third kappa shape index (κ3) is 5.61. The first kappa shape index (κ1) is 17.1. The Hall–Kier alpha value is -0.910. The van der Waals surface area contributed by atoms with Gasteiger partial charge in [-0.3, -0.25) is 0 Å². The first-order valence-electron chi connectivity index (χ1n) is 6.83. The zero-order valence-corrected chi connectivity index (χ0v) is 12.8. The summed E-state index contributed by atoms with van der Waals surface area (Å²) in [6, 6.07) is 1.42. The van der Waals surface area contributed by atoms with Crippen LogP contribution in [-0.4, -0.2) is 44.5 Å². The number of rotatable bonds is 10. The second kappa shape index (κ2) is 9.91. The Labute approximate surface area is 124 Å². The monoisotopic (exact) mass is 304 g/mol. The number of hydrogen-bond donors (Lipinski definition) is 0. The molecule has 0 saturated heterocycles. The predicted octanol–water partition coefficient (Wildman–Crippen LogP) is 2.84. The van der Waals surface area contributed by atoms with E-state index < -0.39 is 0 Å². The highest BCUT2D eigenvalue weighted by atomic mass is 35.5. The predicted molar refractivity (Wildman–Crippen MR) is 79.0 cm³/mol. The average Bonchev–Trinajstić information content (AvgIpc) is 2.46. The molecule has 0 aliphatic heterocycles. The summed E-state index contributed by atoms with van der Waals surface area (Å²) in [7, 11) is 0. The zero-order chi connectivity index (χ0) is 14.8. The summed E-state index contributed by atoms with van der Waals surface area (Å²) in [5.41, 5.74) is 0.680. The molecule has 1 aromatic heterocycles. The second-order valence-electron chi connectivity index (χ2n) is 4.15. The van der Waals surface area contributed by atoms with E-state index in [-0.39, 0.29) is 11.7 Å². The summed E-state index contributed by atoms with van der Waals surface area (Å²) in [6.07, 6.45) is 1.21. The highest BCUT2D eigenvalue weighted by Gasteiger charge is 2.13. The maximum Gasteiger partial charge on any atom is 0.141 e. The summed E-state index contributed by atoms with van der Waals surface area (Å²) in [6.45, 7) is 7.74. The zero-order valence-electron chi connectivity index (χ0n) is 12.1. The van der Waals surface area contributed by atoms with Crippen molar-refractivity contribution in [1.29, 1.82) is 0 Å². The van der Waals surface area contributed by atoms with E-state index in [0.717, 1.165) is 0 Å². The van der Waals surface area contributed by atoms with E-state index >= 15 is 0 Å². The number of aromatic nitrogens is 1. The van der Waals surface area contributed by atoms with E-state index in [1.807, 2.05) is 18.7 Å². The molecular formula is C14H22ClFN2O2. The van der Waals surface area contributed by atoms with E-state index in [9.17, 15) is 4.39 Å². The number of pyridine rings is 1. The van der Waals surface area contributed by atoms with Crippen LogP contribution in [0, 0.1) is 5.82 Å². The Bertz CT molecular complexity index is 383. The molecular weight excluding hydrogens is 283 g/mol. The number of anilines is 1. The van der Waals surface area contributed by atoms with Gasteiger partial charge in [0.1, 0.15) is 11.6 Å². The minimum absolute atomic E-state index is 0.222. The lowest BCUT2D eigenvalue weighted by molar-refractivity contribution is 0.141. The molecule has 0 amide bonds. The van der Waals surface area contributed by atoms with Crippen molar-refractivity contribution >= 4 is 17.4 Å². The largest absolute Gasteiger partial charge is 0.380 e. The van der Waals surface area contributed by atoms with Crippen molar-refractivity contribution in [3.63, 3.8) is 0 Å². The van der Waals surface area contributed by atoms with Crippen LogP contribution in [0.4, 0.5) is 10.2 Å². The lowest BCUT2D eigenvalue weighted by Gasteiger charge is -2.25. The summed E-state index contributed by atoms with van der Waals surface area (Å²) in [5.74, 6) is 0.541. The number of ether oxygens (including phenoxy) is 2. The molecule has 0 aliphatic rings. The molecule has 1 rings (SSSR count). The molecule has 0 aliphatic carbocycles. The first-order chi connectivity index (χ1) is 9.72. The maximum absolute atomic E-state index is 13.2. The molecule has 0 atom stereocenters. The van der Waals surface area contributed by atoms with Crippen molar-refractivity contribution in [3.8, 4) is 0 Å². The second-order valence-corrected chi connectivity index (χ2v) is 4.42. The highest BCUT2D eigenvalue weighted by molar-refractivity contribution is 6.17. The first-order valence-corrected chi connectivity index (χ1v) is 7.37. The fraction of sp³-hybridized carbons (Fsp3) is 0.643. The average molecular weight is 305 g/mol. The summed E-state index contributed by atoms with van der Waals surface area (Å²) >= 11 is 5.87. The Morgan fingerprint density at radius 1 is 1.20 bits per heavy atom. The van der Waals surface area contributed by atoms with Gasteiger partial charge in [0.25, 0.3) is 0 Å². The van der Waals surface area contributed by atoms with Crippen LogP contribution in [0.25, 0.3) is 0 Å². The van der Waals surface area contributed by atoms with E-state index in [0.29, 0.717) is 50.9 Å². The highest BCUT2D eigenvalue weighted by Crippen LogP contribution is 2.20. The van der Waals surface area contributed by atoms with Crippen molar-refractivity contribution in [3.05, 3.63) is 23.6 Å². The van der Waals surface area contributed by atoms with Gasteiger partial charge < -0.3 is 14.4 Å². The van der Waals surface area contributed by atoms with Gasteiger partial charge in [-0.2, -0.15) is 0 Å². The number of halogens is 2. The van der Waals surface area contributed by atoms with Crippen molar-refractivity contribution in [2.75, 3.05) is 44.4 Å². The van der Waals surface area contributed by atoms with Crippen LogP contribution in [0.15, 0.2) is 12.3 Å². The van der Waals surface area contributed by atoms with Gasteiger partial charge in [0.15, 0.2) is 0 Å². The molecule has 0 spiro atoms. The van der Waals surface area contributed by atoms with Gasteiger partial charge in [-0.15, -0.1) is 11.6 Å². The topological polar surface area (TPSA) is 34.6 Å². The maximum atomic E-state index is 13.2. The van der Waals surface area contributed by atoms with Crippen LogP contribution in [-0.2, 0) is 15.4 Å². The van der Waals surface area contributed by atoms with Gasteiger partial charge in [-0.25, -0.2) is 9.37 Å². The number of hydrogen-bond acceptors (Lipinski definition) is 4. The van der Waals surface area contributed by atoms with Crippen LogP contribution >= 0.6 is 11.6 Å². The van der Waals surface area contributed by atoms with Crippen LogP contribution in [0.1, 0.15) is 19.4 Å². The van der Waals surface area contributed by atoms with Crippen LogP contribution in [0.5, 0.6) is 0 Å². The van der Waals surface area contributed by atoms with Gasteiger partial charge in [0.2, 0.25) is 0 Å². The van der Waals surface area contributed by atoms with Gasteiger partial charge >= 0.3 is 0 Å². The van der Waals surface area contributed by atoms with E-state index in [4.69, 9.17) is 21.1 Å². The van der Waals surface area contributed by atoms with Gasteiger partial charge in [-0.1, -0.05) is 0 Å². The quantitative estimate of drug-likeness (QED) is 0.492. The van der Waals surface area contributed by atoms with E-state index in [2.05, 4.69) is 4.98 Å². The lowest BCUT2D eigenvalue weighted by Crippen LogP contribution is -2.32. The van der Waals surface area contributed by atoms with Gasteiger partial charge in [-0.05, 0) is 19.9 Å². The van der Waals surface area contributed by atoms with Crippen molar-refractivity contribution in [1.82, 2.24) is 4.98 Å². The molecule has 0 fully saturated rings. The molecule has 0 radical (unpaired) electrons. The fourth-order valence-electron chi connectivity index (χ4n) is 1.82. The molecule has 6 heteroatoms. The molecule has 1 heterocycles. The van der Waals surface area contributed by atoms with E-state index in [1.54, 1.807) is 0 Å². The van der Waals surface area contributed by atoms with Crippen LogP contribution < -0.4 is 4.90 Å². The Morgan fingerprint density at radius 2 is 1.80 bits per heavy atom. The summed E-state index contributed by atoms with van der Waals surface area (Å²) in [5, 5.41) is 0. The van der Waals surface area contributed by atoms with E-state index in [1.165, 1.54) is 12.3 Å². The smallest absolute Gasteiger partial charge is 0.141 e. The minimum Gasteiger partial charge on any atom is -0.380 e. The summed E-state index contributed by atoms with van der Waals surface area (Å²) < 4.78 is 24.0.